The molecule has 38 heavy (non-hydrogen) atoms. The van der Waals surface area contributed by atoms with Crippen LogP contribution in [0.3, 0.4) is 0 Å². The number of aliphatic carboxylic acids is 1. The number of carboxylic acid groups (broad SMARTS) is 1. The number of anilines is 1. The highest BCUT2D eigenvalue weighted by Crippen LogP contribution is 2.26. The molecule has 0 bridgehead atoms. The fourth-order valence-electron chi connectivity index (χ4n) is 5.09. The third-order valence-corrected chi connectivity index (χ3v) is 7.16. The maximum absolute atomic E-state index is 11.9. The van der Waals surface area contributed by atoms with Crippen molar-refractivity contribution in [3.05, 3.63) is 72.0 Å². The molecule has 0 amide bonds. The van der Waals surface area contributed by atoms with E-state index in [2.05, 4.69) is 64.0 Å². The fraction of sp³-hybridized carbons (Fsp3) is 0.484. The van der Waals surface area contributed by atoms with Gasteiger partial charge in [0.1, 0.15) is 5.82 Å². The van der Waals surface area contributed by atoms with Crippen molar-refractivity contribution >= 4 is 23.8 Å². The van der Waals surface area contributed by atoms with Crippen molar-refractivity contribution in [1.82, 2.24) is 10.3 Å². The molecule has 0 spiro atoms. The number of hydrogen-bond acceptors (Lipinski definition) is 5. The van der Waals surface area contributed by atoms with Gasteiger partial charge in [0.15, 0.2) is 5.96 Å². The van der Waals surface area contributed by atoms with Gasteiger partial charge in [0, 0.05) is 18.8 Å². The average Bonchev–Trinajstić information content (AvgIpc) is 3.43. The number of guanidine groups is 1. The Bertz CT molecular complexity index is 1030. The van der Waals surface area contributed by atoms with Crippen molar-refractivity contribution in [2.75, 3.05) is 11.9 Å². The number of nitrogens with zero attached hydrogens (tertiary/aromatic N) is 1. The Labute approximate surface area is 227 Å². The first-order valence-electron chi connectivity index (χ1n) is 14.2. The number of aromatic nitrogens is 1. The maximum Gasteiger partial charge on any atom is 0.328 e. The zero-order valence-electron chi connectivity index (χ0n) is 22.7. The fourth-order valence-corrected chi connectivity index (χ4v) is 5.09. The Hall–Kier alpha value is -3.48. The number of allylic oxidation sites excluding steroid dienone is 1. The molecule has 3 atom stereocenters. The molecule has 2 heterocycles. The van der Waals surface area contributed by atoms with Crippen LogP contribution in [0.4, 0.5) is 5.82 Å². The van der Waals surface area contributed by atoms with Crippen molar-refractivity contribution < 1.29 is 9.90 Å². The second-order valence-electron chi connectivity index (χ2n) is 10.2. The summed E-state index contributed by atoms with van der Waals surface area (Å²) in [5.74, 6) is 0.694. The molecule has 0 fully saturated rings. The lowest BCUT2D eigenvalue weighted by atomic mass is 9.87. The summed E-state index contributed by atoms with van der Waals surface area (Å²) in [6.45, 7) is 2.83. The first kappa shape index (κ1) is 29.1. The molecule has 2 aromatic rings. The third kappa shape index (κ3) is 10.5. The highest BCUT2D eigenvalue weighted by atomic mass is 16.4. The first-order chi connectivity index (χ1) is 18.5. The molecule has 1 aromatic heterocycles. The minimum atomic E-state index is -0.950. The van der Waals surface area contributed by atoms with E-state index < -0.39 is 5.97 Å². The minimum Gasteiger partial charge on any atom is -0.478 e. The van der Waals surface area contributed by atoms with Crippen molar-refractivity contribution in [1.29, 1.82) is 0 Å². The maximum atomic E-state index is 11.9. The Morgan fingerprint density at radius 1 is 1.11 bits per heavy atom. The smallest absolute Gasteiger partial charge is 0.328 e. The normalized spacial score (nSPS) is 17.6. The Balaban J connectivity index is 1.75. The number of nitrogens with two attached hydrogens (primary N) is 1. The molecule has 0 saturated carbocycles. The van der Waals surface area contributed by atoms with Crippen molar-refractivity contribution in [2.45, 2.75) is 83.2 Å². The van der Waals surface area contributed by atoms with Gasteiger partial charge in [0.25, 0.3) is 0 Å². The summed E-state index contributed by atoms with van der Waals surface area (Å²) >= 11 is 0. The number of aliphatic imine (C=N–C) groups is 1. The first-order valence-corrected chi connectivity index (χ1v) is 14.2. The molecule has 0 aliphatic carbocycles. The van der Waals surface area contributed by atoms with Crippen LogP contribution in [0.2, 0.25) is 0 Å². The van der Waals surface area contributed by atoms with Gasteiger partial charge in [-0.15, -0.1) is 0 Å². The largest absolute Gasteiger partial charge is 0.478 e. The summed E-state index contributed by atoms with van der Waals surface area (Å²) in [5, 5.41) is 16.5. The monoisotopic (exact) mass is 519 g/mol. The van der Waals surface area contributed by atoms with E-state index in [1.54, 1.807) is 0 Å². The van der Waals surface area contributed by atoms with Crippen LogP contribution < -0.4 is 16.4 Å². The summed E-state index contributed by atoms with van der Waals surface area (Å²) in [4.78, 5) is 19.3. The van der Waals surface area contributed by atoms with Gasteiger partial charge in [-0.3, -0.25) is 4.99 Å². The molecule has 0 unspecified atom stereocenters. The molecule has 1 aromatic carbocycles. The van der Waals surface area contributed by atoms with E-state index in [1.807, 2.05) is 24.4 Å². The van der Waals surface area contributed by atoms with Gasteiger partial charge in [0.05, 0.1) is 12.1 Å². The molecular formula is C31H45N5O2. The van der Waals surface area contributed by atoms with E-state index in [-0.39, 0.29) is 12.1 Å². The van der Waals surface area contributed by atoms with E-state index in [0.29, 0.717) is 24.8 Å². The third-order valence-electron chi connectivity index (χ3n) is 7.16. The Morgan fingerprint density at radius 3 is 2.61 bits per heavy atom. The highest BCUT2D eigenvalue weighted by molar-refractivity contribution is 5.83. The number of carbonyl (C=O) groups is 1. The number of hydrogen-bond donors (Lipinski definition) is 5. The van der Waals surface area contributed by atoms with Gasteiger partial charge < -0.3 is 26.5 Å². The lowest BCUT2D eigenvalue weighted by Gasteiger charge is -2.31. The van der Waals surface area contributed by atoms with Crippen LogP contribution in [0.5, 0.6) is 0 Å². The van der Waals surface area contributed by atoms with Crippen molar-refractivity contribution in [2.24, 2.45) is 16.6 Å². The van der Waals surface area contributed by atoms with Crippen LogP contribution in [0.1, 0.15) is 76.7 Å². The number of benzene rings is 1. The number of aromatic amines is 1. The van der Waals surface area contributed by atoms with Crippen molar-refractivity contribution in [3.8, 4) is 0 Å². The molecule has 7 heteroatoms. The molecule has 3 rings (SSSR count). The van der Waals surface area contributed by atoms with E-state index in [9.17, 15) is 9.90 Å². The topological polar surface area (TPSA) is 116 Å². The van der Waals surface area contributed by atoms with E-state index >= 15 is 0 Å². The number of H-pyrrole nitrogens is 1. The zero-order valence-corrected chi connectivity index (χ0v) is 22.7. The molecule has 7 nitrogen and oxygen atoms in total. The molecule has 1 aliphatic heterocycles. The molecule has 206 valence electrons. The van der Waals surface area contributed by atoms with Gasteiger partial charge >= 0.3 is 5.97 Å². The summed E-state index contributed by atoms with van der Waals surface area (Å²) in [6.07, 6.45) is 19.0. The van der Waals surface area contributed by atoms with Gasteiger partial charge in [-0.05, 0) is 54.9 Å². The number of carboxylic acids is 1. The minimum absolute atomic E-state index is 0.162. The van der Waals surface area contributed by atoms with Gasteiger partial charge in [0.2, 0.25) is 0 Å². The SMILES string of the molecule is CCCCCCCC[C@H](/C=C/c1ccccc1)CC[C@@H](Nc1ccc[nH]1)/C(=C/C(=O)O)[C@@H]1CCN=C(N)N1. The van der Waals surface area contributed by atoms with Gasteiger partial charge in [-0.1, -0.05) is 87.9 Å². The van der Waals surface area contributed by atoms with Gasteiger partial charge in [-0.2, -0.15) is 0 Å². The molecule has 6 N–H and O–H groups in total. The van der Waals surface area contributed by atoms with Gasteiger partial charge in [-0.25, -0.2) is 4.79 Å². The van der Waals surface area contributed by atoms with Crippen LogP contribution in [-0.4, -0.2) is 40.6 Å². The number of unbranched alkanes of at least 4 members (excludes halogenated alkanes) is 5. The summed E-state index contributed by atoms with van der Waals surface area (Å²) < 4.78 is 0. The quantitative estimate of drug-likeness (QED) is 0.123. The molecule has 0 radical (unpaired) electrons. The van der Waals surface area contributed by atoms with Crippen LogP contribution in [-0.2, 0) is 4.79 Å². The number of nitrogens with one attached hydrogen (secondary N) is 3. The summed E-state index contributed by atoms with van der Waals surface area (Å²) in [5.41, 5.74) is 7.98. The Morgan fingerprint density at radius 2 is 1.89 bits per heavy atom. The summed E-state index contributed by atoms with van der Waals surface area (Å²) in [7, 11) is 0. The predicted octanol–water partition coefficient (Wildman–Crippen LogP) is 6.34. The van der Waals surface area contributed by atoms with Crippen LogP contribution >= 0.6 is 0 Å². The van der Waals surface area contributed by atoms with Crippen molar-refractivity contribution in [3.63, 3.8) is 0 Å². The zero-order chi connectivity index (χ0) is 27.0. The number of rotatable bonds is 17. The highest BCUT2D eigenvalue weighted by Gasteiger charge is 2.27. The molecule has 0 saturated heterocycles. The Kier molecular flexibility index (Phi) is 12.5. The molecular weight excluding hydrogens is 474 g/mol. The lowest BCUT2D eigenvalue weighted by molar-refractivity contribution is -0.131. The average molecular weight is 520 g/mol. The summed E-state index contributed by atoms with van der Waals surface area (Å²) in [6, 6.07) is 14.0. The van der Waals surface area contributed by atoms with Crippen LogP contribution in [0.25, 0.3) is 6.08 Å². The van der Waals surface area contributed by atoms with Crippen LogP contribution in [0, 0.1) is 5.92 Å². The standard InChI is InChI=1S/C31H45N5O2/c1-2-3-4-5-6-8-14-25(17-16-24-12-9-7-10-13-24)18-19-27(35-29-15-11-21-33-29)26(23-30(37)38)28-20-22-34-31(32)36-28/h7,9-13,15-17,21,23,25,27-28,33,35H,2-6,8,14,18-20,22H2,1H3,(H,37,38)(H3,32,34,36)/b17-16+,26-23-/t25-,27-,28+/m1/s1. The molecule has 1 aliphatic rings. The van der Waals surface area contributed by atoms with E-state index in [1.165, 1.54) is 50.2 Å². The van der Waals surface area contributed by atoms with E-state index in [0.717, 1.165) is 30.7 Å². The second kappa shape index (κ2) is 16.4. The van der Waals surface area contributed by atoms with E-state index in [4.69, 9.17) is 5.73 Å². The lowest BCUT2D eigenvalue weighted by Crippen LogP contribution is -2.48. The second-order valence-corrected chi connectivity index (χ2v) is 10.2. The predicted molar refractivity (Wildman–Crippen MR) is 158 cm³/mol. The van der Waals surface area contributed by atoms with Crippen LogP contribution in [0.15, 0.2) is 71.4 Å².